The molecule has 0 unspecified atom stereocenters. The van der Waals surface area contributed by atoms with Crippen molar-refractivity contribution in [3.05, 3.63) is 59.6 Å². The van der Waals surface area contributed by atoms with Crippen molar-refractivity contribution in [3.8, 4) is 16.9 Å². The van der Waals surface area contributed by atoms with Gasteiger partial charge in [-0.05, 0) is 30.7 Å². The summed E-state index contributed by atoms with van der Waals surface area (Å²) in [6, 6.07) is 15.3. The van der Waals surface area contributed by atoms with E-state index in [0.29, 0.717) is 17.0 Å². The molecule has 0 aliphatic carbocycles. The van der Waals surface area contributed by atoms with Crippen molar-refractivity contribution in [2.75, 3.05) is 6.61 Å². The molecule has 0 fully saturated rings. The molecule has 124 valence electrons. The Morgan fingerprint density at radius 2 is 1.88 bits per heavy atom. The number of benzene rings is 2. The number of hydrogen-bond acceptors (Lipinski definition) is 4. The largest absolute Gasteiger partial charge is 0.494 e. The quantitative estimate of drug-likeness (QED) is 0.549. The van der Waals surface area contributed by atoms with Gasteiger partial charge in [-0.2, -0.15) is 0 Å². The topological polar surface area (TPSA) is 59.4 Å². The molecule has 0 aliphatic heterocycles. The summed E-state index contributed by atoms with van der Waals surface area (Å²) < 4.78 is 6.43. The number of fused-ring (bicyclic) bond motifs is 3. The maximum atomic E-state index is 11.8. The smallest absolute Gasteiger partial charge is 0.346 e. The first-order valence-electron chi connectivity index (χ1n) is 7.96. The zero-order valence-corrected chi connectivity index (χ0v) is 14.3. The lowest BCUT2D eigenvalue weighted by Crippen LogP contribution is -1.95. The lowest BCUT2D eigenvalue weighted by molar-refractivity contribution is 0.0703. The Morgan fingerprint density at radius 1 is 1.12 bits per heavy atom. The average Bonchev–Trinajstić information content (AvgIpc) is 3.03. The highest BCUT2D eigenvalue weighted by Gasteiger charge is 2.21. The number of ether oxygens (including phenoxy) is 1. The van der Waals surface area contributed by atoms with Crippen molar-refractivity contribution in [2.24, 2.45) is 0 Å². The maximum Gasteiger partial charge on any atom is 0.346 e. The van der Waals surface area contributed by atoms with Crippen LogP contribution in [0.15, 0.2) is 54.7 Å². The molecule has 2 heterocycles. The minimum Gasteiger partial charge on any atom is -0.494 e. The van der Waals surface area contributed by atoms with Crippen molar-refractivity contribution in [2.45, 2.75) is 6.92 Å². The fourth-order valence-electron chi connectivity index (χ4n) is 3.00. The van der Waals surface area contributed by atoms with Crippen molar-refractivity contribution in [1.29, 1.82) is 0 Å². The summed E-state index contributed by atoms with van der Waals surface area (Å²) in [4.78, 5) is 16.7. The Morgan fingerprint density at radius 3 is 2.60 bits per heavy atom. The molecule has 25 heavy (non-hydrogen) atoms. The van der Waals surface area contributed by atoms with Crippen LogP contribution in [0.4, 0.5) is 0 Å². The number of carbonyl (C=O) groups is 1. The minimum absolute atomic E-state index is 0.331. The Labute approximate surface area is 148 Å². The number of thiophene rings is 1. The molecule has 4 rings (SSSR count). The molecule has 0 saturated heterocycles. The first-order valence-corrected chi connectivity index (χ1v) is 8.77. The molecular formula is C20H15NO3S. The second kappa shape index (κ2) is 6.18. The summed E-state index contributed by atoms with van der Waals surface area (Å²) in [7, 11) is 0. The van der Waals surface area contributed by atoms with Crippen LogP contribution in [0.5, 0.6) is 5.75 Å². The molecule has 0 amide bonds. The van der Waals surface area contributed by atoms with E-state index in [0.717, 1.165) is 32.3 Å². The molecule has 1 N–H and O–H groups in total. The minimum atomic E-state index is -0.922. The zero-order chi connectivity index (χ0) is 17.4. The average molecular weight is 349 g/mol. The van der Waals surface area contributed by atoms with E-state index in [1.165, 1.54) is 11.3 Å². The Hall–Kier alpha value is -2.92. The number of nitrogens with zero attached hydrogens (tertiary/aromatic N) is 1. The van der Waals surface area contributed by atoms with Crippen molar-refractivity contribution in [1.82, 2.24) is 4.98 Å². The molecule has 0 radical (unpaired) electrons. The number of carboxylic acid groups (broad SMARTS) is 1. The van der Waals surface area contributed by atoms with Crippen LogP contribution in [0, 0.1) is 0 Å². The molecule has 2 aromatic carbocycles. The molecule has 0 saturated carbocycles. The van der Waals surface area contributed by atoms with Gasteiger partial charge in [-0.1, -0.05) is 30.3 Å². The molecule has 0 spiro atoms. The highest BCUT2D eigenvalue weighted by molar-refractivity contribution is 7.22. The molecule has 5 heteroatoms. The third-order valence-electron chi connectivity index (χ3n) is 4.07. The standard InChI is InChI=1S/C20H15NO3S/c1-2-24-13-9-7-12(8-10-13)17-15-11-21-16-6-4-3-5-14(16)18(15)25-19(17)20(22)23/h3-11H,2H2,1H3,(H,22,23). The van der Waals surface area contributed by atoms with Crippen LogP contribution in [-0.2, 0) is 0 Å². The molecule has 4 nitrogen and oxygen atoms in total. The maximum absolute atomic E-state index is 11.8. The van der Waals surface area contributed by atoms with Crippen LogP contribution in [-0.4, -0.2) is 22.7 Å². The fourth-order valence-corrected chi connectivity index (χ4v) is 4.17. The fraction of sp³-hybridized carbons (Fsp3) is 0.100. The van der Waals surface area contributed by atoms with E-state index in [4.69, 9.17) is 4.74 Å². The van der Waals surface area contributed by atoms with E-state index >= 15 is 0 Å². The molecule has 0 aliphatic rings. The lowest BCUT2D eigenvalue weighted by atomic mass is 10.0. The van der Waals surface area contributed by atoms with Gasteiger partial charge in [0.25, 0.3) is 0 Å². The predicted molar refractivity (Wildman–Crippen MR) is 101 cm³/mol. The number of aromatic carboxylic acids is 1. The van der Waals surface area contributed by atoms with Gasteiger partial charge in [0.1, 0.15) is 10.6 Å². The summed E-state index contributed by atoms with van der Waals surface area (Å²) in [5, 5.41) is 11.5. The van der Waals surface area contributed by atoms with Crippen LogP contribution in [0.1, 0.15) is 16.6 Å². The van der Waals surface area contributed by atoms with Gasteiger partial charge in [-0.3, -0.25) is 4.98 Å². The van der Waals surface area contributed by atoms with E-state index < -0.39 is 5.97 Å². The second-order valence-corrected chi connectivity index (χ2v) is 6.61. The van der Waals surface area contributed by atoms with Gasteiger partial charge < -0.3 is 9.84 Å². The number of pyridine rings is 1. The van der Waals surface area contributed by atoms with E-state index in [2.05, 4.69) is 4.98 Å². The summed E-state index contributed by atoms with van der Waals surface area (Å²) in [5.74, 6) is -0.152. The van der Waals surface area contributed by atoms with E-state index in [9.17, 15) is 9.90 Å². The second-order valence-electron chi connectivity index (χ2n) is 5.59. The molecule has 0 atom stereocenters. The first kappa shape index (κ1) is 15.6. The van der Waals surface area contributed by atoms with Crippen LogP contribution in [0.3, 0.4) is 0 Å². The number of carboxylic acids is 1. The molecular weight excluding hydrogens is 334 g/mol. The van der Waals surface area contributed by atoms with E-state index in [-0.39, 0.29) is 0 Å². The Kier molecular flexibility index (Phi) is 3.86. The predicted octanol–water partition coefficient (Wildman–Crippen LogP) is 5.21. The van der Waals surface area contributed by atoms with Crippen molar-refractivity contribution < 1.29 is 14.6 Å². The van der Waals surface area contributed by atoms with Gasteiger partial charge in [-0.15, -0.1) is 11.3 Å². The number of para-hydroxylation sites is 1. The van der Waals surface area contributed by atoms with Crippen LogP contribution in [0.25, 0.3) is 32.1 Å². The number of hydrogen-bond donors (Lipinski definition) is 1. The Bertz CT molecular complexity index is 1080. The van der Waals surface area contributed by atoms with Gasteiger partial charge in [0.05, 0.1) is 12.1 Å². The van der Waals surface area contributed by atoms with Crippen molar-refractivity contribution >= 4 is 38.3 Å². The summed E-state index contributed by atoms with van der Waals surface area (Å²) in [6.45, 7) is 2.52. The summed E-state index contributed by atoms with van der Waals surface area (Å²) in [5.41, 5.74) is 2.43. The number of aromatic nitrogens is 1. The van der Waals surface area contributed by atoms with Crippen LogP contribution in [0.2, 0.25) is 0 Å². The summed E-state index contributed by atoms with van der Waals surface area (Å²) >= 11 is 1.30. The van der Waals surface area contributed by atoms with Crippen molar-refractivity contribution in [3.63, 3.8) is 0 Å². The molecule has 4 aromatic rings. The highest BCUT2D eigenvalue weighted by atomic mass is 32.1. The first-order chi connectivity index (χ1) is 12.2. The lowest BCUT2D eigenvalue weighted by Gasteiger charge is -2.06. The third-order valence-corrected chi connectivity index (χ3v) is 5.30. The van der Waals surface area contributed by atoms with Gasteiger partial charge >= 0.3 is 5.97 Å². The zero-order valence-electron chi connectivity index (χ0n) is 13.5. The van der Waals surface area contributed by atoms with Gasteiger partial charge in [0.2, 0.25) is 0 Å². The number of rotatable bonds is 4. The van der Waals surface area contributed by atoms with Gasteiger partial charge in [0, 0.05) is 27.2 Å². The van der Waals surface area contributed by atoms with Crippen LogP contribution >= 0.6 is 11.3 Å². The van der Waals surface area contributed by atoms with E-state index in [1.54, 1.807) is 6.20 Å². The molecule has 0 bridgehead atoms. The van der Waals surface area contributed by atoms with Gasteiger partial charge in [-0.25, -0.2) is 4.79 Å². The normalized spacial score (nSPS) is 11.1. The van der Waals surface area contributed by atoms with E-state index in [1.807, 2.05) is 55.5 Å². The highest BCUT2D eigenvalue weighted by Crippen LogP contribution is 2.41. The van der Waals surface area contributed by atoms with Crippen LogP contribution < -0.4 is 4.74 Å². The Balaban J connectivity index is 1.99. The molecule has 2 aromatic heterocycles. The van der Waals surface area contributed by atoms with Gasteiger partial charge in [0.15, 0.2) is 0 Å². The SMILES string of the molecule is CCOc1ccc(-c2c(C(=O)O)sc3c2cnc2ccccc23)cc1. The monoisotopic (exact) mass is 349 g/mol. The summed E-state index contributed by atoms with van der Waals surface area (Å²) in [6.07, 6.45) is 1.77. The third kappa shape index (κ3) is 2.62.